The highest BCUT2D eigenvalue weighted by Gasteiger charge is 2.22. The Morgan fingerprint density at radius 3 is 2.30 bits per heavy atom. The molecule has 1 amide bonds. The summed E-state index contributed by atoms with van der Waals surface area (Å²) in [5.74, 6) is 0.817. The van der Waals surface area contributed by atoms with Crippen molar-refractivity contribution in [2.75, 3.05) is 7.05 Å². The molecule has 1 atom stereocenters. The van der Waals surface area contributed by atoms with Crippen LogP contribution in [-0.4, -0.2) is 26.3 Å². The predicted octanol–water partition coefficient (Wildman–Crippen LogP) is 2.32. The second-order valence-electron chi connectivity index (χ2n) is 5.33. The zero-order valence-electron chi connectivity index (χ0n) is 13.3. The van der Waals surface area contributed by atoms with E-state index in [2.05, 4.69) is 0 Å². The van der Waals surface area contributed by atoms with Gasteiger partial charge in [0.05, 0.1) is 10.9 Å². The number of rotatable bonds is 5. The summed E-state index contributed by atoms with van der Waals surface area (Å²) in [6.07, 6.45) is 0.724. The lowest BCUT2D eigenvalue weighted by atomic mass is 10.1. The van der Waals surface area contributed by atoms with Gasteiger partial charge in [0.25, 0.3) is 5.91 Å². The summed E-state index contributed by atoms with van der Waals surface area (Å²) in [5, 5.41) is 5.08. The quantitative estimate of drug-likeness (QED) is 0.906. The van der Waals surface area contributed by atoms with E-state index in [0.717, 1.165) is 17.7 Å². The molecule has 0 bridgehead atoms. The molecule has 6 nitrogen and oxygen atoms in total. The lowest BCUT2D eigenvalue weighted by Gasteiger charge is -2.24. The Morgan fingerprint density at radius 1 is 1.22 bits per heavy atom. The van der Waals surface area contributed by atoms with Gasteiger partial charge in [-0.1, -0.05) is 19.1 Å². The van der Waals surface area contributed by atoms with Crippen molar-refractivity contribution in [3.8, 4) is 0 Å². The van der Waals surface area contributed by atoms with E-state index in [1.54, 1.807) is 36.2 Å². The van der Waals surface area contributed by atoms with Crippen LogP contribution in [0.3, 0.4) is 0 Å². The van der Waals surface area contributed by atoms with Crippen LogP contribution in [0.5, 0.6) is 0 Å². The van der Waals surface area contributed by atoms with Gasteiger partial charge in [-0.3, -0.25) is 4.79 Å². The fourth-order valence-corrected chi connectivity index (χ4v) is 2.71. The fourth-order valence-electron chi connectivity index (χ4n) is 2.19. The van der Waals surface area contributed by atoms with E-state index in [4.69, 9.17) is 9.56 Å². The van der Waals surface area contributed by atoms with Crippen molar-refractivity contribution in [2.45, 2.75) is 31.2 Å². The molecule has 1 aromatic heterocycles. The first-order valence-corrected chi connectivity index (χ1v) is 8.77. The number of nitrogens with two attached hydrogens (primary N) is 1. The molecule has 1 heterocycles. The molecule has 23 heavy (non-hydrogen) atoms. The van der Waals surface area contributed by atoms with Gasteiger partial charge in [0.2, 0.25) is 10.0 Å². The van der Waals surface area contributed by atoms with Gasteiger partial charge in [-0.15, -0.1) is 0 Å². The maximum Gasteiger partial charge on any atom is 0.289 e. The van der Waals surface area contributed by atoms with Crippen LogP contribution in [-0.2, 0) is 16.4 Å². The number of benzene rings is 1. The smallest absolute Gasteiger partial charge is 0.289 e. The molecule has 2 N–H and O–H groups in total. The third-order valence-electron chi connectivity index (χ3n) is 3.81. The molecule has 0 fully saturated rings. The standard InChI is InChI=1S/C16H20N2O4S/c1-4-13-7-10-15(22-13)16(19)18(3)11(2)12-5-8-14(9-6-12)23(17,20)21/h5-11H,4H2,1-3H3,(H2,17,20,21)/t11-/m1/s1. The van der Waals surface area contributed by atoms with Gasteiger partial charge in [0.1, 0.15) is 5.76 Å². The normalized spacial score (nSPS) is 12.9. The van der Waals surface area contributed by atoms with Gasteiger partial charge < -0.3 is 9.32 Å². The Balaban J connectivity index is 2.18. The van der Waals surface area contributed by atoms with Crippen LogP contribution in [0, 0.1) is 0 Å². The highest BCUT2D eigenvalue weighted by atomic mass is 32.2. The summed E-state index contributed by atoms with van der Waals surface area (Å²) in [5.41, 5.74) is 0.801. The lowest BCUT2D eigenvalue weighted by Crippen LogP contribution is -2.29. The summed E-state index contributed by atoms with van der Waals surface area (Å²) < 4.78 is 28.0. The van der Waals surface area contributed by atoms with Gasteiger partial charge in [-0.25, -0.2) is 13.6 Å². The Kier molecular flexibility index (Phi) is 4.91. The minimum absolute atomic E-state index is 0.0426. The number of aryl methyl sites for hydroxylation is 1. The number of hydrogen-bond acceptors (Lipinski definition) is 4. The molecule has 0 aliphatic heterocycles. The first-order chi connectivity index (χ1) is 10.7. The van der Waals surface area contributed by atoms with Crippen LogP contribution < -0.4 is 5.14 Å². The third kappa shape index (κ3) is 3.80. The van der Waals surface area contributed by atoms with E-state index in [-0.39, 0.29) is 22.6 Å². The lowest BCUT2D eigenvalue weighted by molar-refractivity contribution is 0.0708. The van der Waals surface area contributed by atoms with Gasteiger partial charge in [0, 0.05) is 13.5 Å². The van der Waals surface area contributed by atoms with Crippen molar-refractivity contribution in [3.63, 3.8) is 0 Å². The topological polar surface area (TPSA) is 93.6 Å². The highest BCUT2D eigenvalue weighted by molar-refractivity contribution is 7.89. The molecule has 0 saturated carbocycles. The molecular formula is C16H20N2O4S. The molecule has 0 saturated heterocycles. The number of primary sulfonamides is 1. The monoisotopic (exact) mass is 336 g/mol. The molecule has 7 heteroatoms. The van der Waals surface area contributed by atoms with E-state index < -0.39 is 10.0 Å². The second kappa shape index (κ2) is 6.55. The maximum atomic E-state index is 12.4. The largest absolute Gasteiger partial charge is 0.456 e. The van der Waals surface area contributed by atoms with Crippen molar-refractivity contribution in [3.05, 3.63) is 53.5 Å². The van der Waals surface area contributed by atoms with E-state index in [1.165, 1.54) is 12.1 Å². The SMILES string of the molecule is CCc1ccc(C(=O)N(C)[C@H](C)c2ccc(S(N)(=O)=O)cc2)o1. The van der Waals surface area contributed by atoms with Gasteiger partial charge >= 0.3 is 0 Å². The number of carbonyl (C=O) groups excluding carboxylic acids is 1. The number of furan rings is 1. The Bertz CT molecular complexity index is 794. The van der Waals surface area contributed by atoms with Crippen LogP contribution in [0.2, 0.25) is 0 Å². The van der Waals surface area contributed by atoms with Crippen LogP contribution in [0.4, 0.5) is 0 Å². The van der Waals surface area contributed by atoms with E-state index in [9.17, 15) is 13.2 Å². The van der Waals surface area contributed by atoms with Crippen molar-refractivity contribution < 1.29 is 17.6 Å². The average molecular weight is 336 g/mol. The zero-order valence-corrected chi connectivity index (χ0v) is 14.1. The Labute approximate surface area is 135 Å². The molecule has 124 valence electrons. The van der Waals surface area contributed by atoms with Crippen LogP contribution in [0.1, 0.15) is 41.8 Å². The van der Waals surface area contributed by atoms with Gasteiger partial charge in [-0.2, -0.15) is 0 Å². The number of nitrogens with zero attached hydrogens (tertiary/aromatic N) is 1. The number of carbonyl (C=O) groups is 1. The minimum atomic E-state index is -3.72. The predicted molar refractivity (Wildman–Crippen MR) is 86.4 cm³/mol. The summed E-state index contributed by atoms with van der Waals surface area (Å²) in [6.45, 7) is 3.81. The molecule has 0 aliphatic carbocycles. The molecule has 0 spiro atoms. The molecule has 1 aromatic carbocycles. The number of sulfonamides is 1. The molecular weight excluding hydrogens is 316 g/mol. The summed E-state index contributed by atoms with van der Waals surface area (Å²) in [6, 6.07) is 9.36. The summed E-state index contributed by atoms with van der Waals surface area (Å²) in [7, 11) is -2.05. The van der Waals surface area contributed by atoms with Crippen molar-refractivity contribution in [1.82, 2.24) is 4.90 Å². The van der Waals surface area contributed by atoms with Crippen LogP contribution in [0.25, 0.3) is 0 Å². The van der Waals surface area contributed by atoms with Gasteiger partial charge in [-0.05, 0) is 36.8 Å². The molecule has 0 radical (unpaired) electrons. The van der Waals surface area contributed by atoms with E-state index in [0.29, 0.717) is 0 Å². The zero-order chi connectivity index (χ0) is 17.2. The molecule has 2 aromatic rings. The minimum Gasteiger partial charge on any atom is -0.456 e. The summed E-state index contributed by atoms with van der Waals surface area (Å²) in [4.78, 5) is 14.0. The number of hydrogen-bond donors (Lipinski definition) is 1. The molecule has 2 rings (SSSR count). The van der Waals surface area contributed by atoms with Crippen molar-refractivity contribution >= 4 is 15.9 Å². The second-order valence-corrected chi connectivity index (χ2v) is 6.89. The first-order valence-electron chi connectivity index (χ1n) is 7.22. The van der Waals surface area contributed by atoms with E-state index in [1.807, 2.05) is 13.8 Å². The maximum absolute atomic E-state index is 12.4. The highest BCUT2D eigenvalue weighted by Crippen LogP contribution is 2.22. The molecule has 0 unspecified atom stereocenters. The third-order valence-corrected chi connectivity index (χ3v) is 4.74. The first kappa shape index (κ1) is 17.2. The van der Waals surface area contributed by atoms with Crippen molar-refractivity contribution in [1.29, 1.82) is 0 Å². The Morgan fingerprint density at radius 2 is 1.83 bits per heavy atom. The van der Waals surface area contributed by atoms with Crippen molar-refractivity contribution in [2.24, 2.45) is 5.14 Å². The van der Waals surface area contributed by atoms with Crippen LogP contribution in [0.15, 0.2) is 45.7 Å². The fraction of sp³-hybridized carbons (Fsp3) is 0.312. The number of amides is 1. The van der Waals surface area contributed by atoms with Crippen LogP contribution >= 0.6 is 0 Å². The van der Waals surface area contributed by atoms with E-state index >= 15 is 0 Å². The Hall–Kier alpha value is -2.12. The summed E-state index contributed by atoms with van der Waals surface area (Å²) >= 11 is 0. The molecule has 0 aliphatic rings. The average Bonchev–Trinajstić information content (AvgIpc) is 3.01. The van der Waals surface area contributed by atoms with Gasteiger partial charge in [0.15, 0.2) is 5.76 Å².